The maximum absolute atomic E-state index is 13.0. The predicted molar refractivity (Wildman–Crippen MR) is 98.4 cm³/mol. The fourth-order valence-electron chi connectivity index (χ4n) is 2.55. The number of carbonyl (C=O) groups is 2. The van der Waals surface area contributed by atoms with E-state index in [2.05, 4.69) is 0 Å². The highest BCUT2D eigenvalue weighted by Crippen LogP contribution is 2.26. The van der Waals surface area contributed by atoms with Gasteiger partial charge < -0.3 is 9.47 Å². The molecule has 0 N–H and O–H groups in total. The fourth-order valence-corrected chi connectivity index (χ4v) is 2.55. The first-order valence-corrected chi connectivity index (χ1v) is 8.18. The molecule has 3 aromatic rings. The van der Waals surface area contributed by atoms with Crippen LogP contribution in [0, 0.1) is 0 Å². The van der Waals surface area contributed by atoms with Crippen LogP contribution >= 0.6 is 0 Å². The van der Waals surface area contributed by atoms with E-state index in [1.807, 2.05) is 12.1 Å². The van der Waals surface area contributed by atoms with Crippen molar-refractivity contribution < 1.29 is 19.1 Å². The van der Waals surface area contributed by atoms with Crippen LogP contribution < -0.4 is 4.74 Å². The maximum atomic E-state index is 13.0. The Hall–Kier alpha value is -3.40. The summed E-state index contributed by atoms with van der Waals surface area (Å²) in [6.45, 7) is 0. The van der Waals surface area contributed by atoms with Crippen molar-refractivity contribution in [2.75, 3.05) is 7.11 Å². The van der Waals surface area contributed by atoms with Gasteiger partial charge >= 0.3 is 5.97 Å². The number of ketones is 1. The maximum Gasteiger partial charge on any atom is 0.339 e. The van der Waals surface area contributed by atoms with Gasteiger partial charge in [-0.3, -0.25) is 4.79 Å². The Morgan fingerprint density at radius 2 is 1.27 bits per heavy atom. The fraction of sp³-hybridized carbons (Fsp3) is 0.0909. The first-order valence-electron chi connectivity index (χ1n) is 8.18. The summed E-state index contributed by atoms with van der Waals surface area (Å²) in [5.74, 6) is -0.162. The molecule has 0 aliphatic carbocycles. The lowest BCUT2D eigenvalue weighted by Crippen LogP contribution is -2.20. The van der Waals surface area contributed by atoms with Gasteiger partial charge in [-0.25, -0.2) is 4.79 Å². The predicted octanol–water partition coefficient (Wildman–Crippen LogP) is 4.48. The number of esters is 1. The van der Waals surface area contributed by atoms with Crippen molar-refractivity contribution >= 4 is 11.8 Å². The molecule has 0 aromatic heterocycles. The minimum Gasteiger partial charge on any atom is -0.497 e. The average molecular weight is 346 g/mol. The van der Waals surface area contributed by atoms with Gasteiger partial charge in [-0.05, 0) is 24.3 Å². The van der Waals surface area contributed by atoms with Crippen molar-refractivity contribution in [2.45, 2.75) is 6.10 Å². The zero-order valence-corrected chi connectivity index (χ0v) is 14.3. The zero-order valence-electron chi connectivity index (χ0n) is 14.3. The van der Waals surface area contributed by atoms with E-state index < -0.39 is 12.1 Å². The Kier molecular flexibility index (Phi) is 5.44. The van der Waals surface area contributed by atoms with Gasteiger partial charge in [0.15, 0.2) is 6.10 Å². The molecule has 0 bridgehead atoms. The lowest BCUT2D eigenvalue weighted by atomic mass is 9.99. The zero-order chi connectivity index (χ0) is 18.4. The van der Waals surface area contributed by atoms with Gasteiger partial charge in [0.1, 0.15) is 5.75 Å². The van der Waals surface area contributed by atoms with Crippen LogP contribution in [0.25, 0.3) is 0 Å². The second kappa shape index (κ2) is 8.12. The summed E-state index contributed by atoms with van der Waals surface area (Å²) >= 11 is 0. The Morgan fingerprint density at radius 1 is 0.731 bits per heavy atom. The van der Waals surface area contributed by atoms with E-state index in [0.29, 0.717) is 22.4 Å². The van der Waals surface area contributed by atoms with Crippen LogP contribution in [0.2, 0.25) is 0 Å². The summed E-state index contributed by atoms with van der Waals surface area (Å²) in [5, 5.41) is 0. The van der Waals surface area contributed by atoms with Crippen LogP contribution in [-0.2, 0) is 4.74 Å². The van der Waals surface area contributed by atoms with Crippen LogP contribution in [-0.4, -0.2) is 18.9 Å². The van der Waals surface area contributed by atoms with Crippen molar-refractivity contribution in [2.24, 2.45) is 0 Å². The van der Waals surface area contributed by atoms with Gasteiger partial charge in [0.05, 0.1) is 12.7 Å². The first-order chi connectivity index (χ1) is 12.7. The van der Waals surface area contributed by atoms with Gasteiger partial charge in [0.2, 0.25) is 5.78 Å². The van der Waals surface area contributed by atoms with E-state index in [0.717, 1.165) is 0 Å². The third-order valence-corrected chi connectivity index (χ3v) is 3.95. The minimum atomic E-state index is -1.03. The minimum absolute atomic E-state index is 0.278. The van der Waals surface area contributed by atoms with Crippen molar-refractivity contribution in [3.05, 3.63) is 102 Å². The van der Waals surface area contributed by atoms with E-state index in [9.17, 15) is 9.59 Å². The largest absolute Gasteiger partial charge is 0.497 e. The summed E-state index contributed by atoms with van der Waals surface area (Å²) in [5.41, 5.74) is 1.46. The second-order valence-corrected chi connectivity index (χ2v) is 5.65. The summed E-state index contributed by atoms with van der Waals surface area (Å²) < 4.78 is 10.7. The molecule has 0 heterocycles. The van der Waals surface area contributed by atoms with E-state index in [-0.39, 0.29) is 5.78 Å². The number of rotatable bonds is 6. The van der Waals surface area contributed by atoms with Gasteiger partial charge in [-0.15, -0.1) is 0 Å². The van der Waals surface area contributed by atoms with Crippen molar-refractivity contribution in [1.29, 1.82) is 0 Å². The topological polar surface area (TPSA) is 52.6 Å². The molecule has 0 fully saturated rings. The van der Waals surface area contributed by atoms with E-state index in [1.54, 1.807) is 79.9 Å². The number of methoxy groups -OCH3 is 1. The van der Waals surface area contributed by atoms with Crippen molar-refractivity contribution in [3.8, 4) is 5.75 Å². The monoisotopic (exact) mass is 346 g/mol. The van der Waals surface area contributed by atoms with Gasteiger partial charge in [0, 0.05) is 11.1 Å². The van der Waals surface area contributed by atoms with Crippen LogP contribution in [0.3, 0.4) is 0 Å². The molecule has 0 aliphatic heterocycles. The molecule has 3 rings (SSSR count). The quantitative estimate of drug-likeness (QED) is 0.488. The van der Waals surface area contributed by atoms with Gasteiger partial charge in [0.25, 0.3) is 0 Å². The normalized spacial score (nSPS) is 11.4. The smallest absolute Gasteiger partial charge is 0.339 e. The van der Waals surface area contributed by atoms with Gasteiger partial charge in [-0.2, -0.15) is 0 Å². The van der Waals surface area contributed by atoms with Crippen LogP contribution in [0.1, 0.15) is 32.4 Å². The van der Waals surface area contributed by atoms with Crippen molar-refractivity contribution in [1.82, 2.24) is 0 Å². The molecule has 0 saturated heterocycles. The highest BCUT2D eigenvalue weighted by atomic mass is 16.5. The van der Waals surface area contributed by atoms with Crippen LogP contribution in [0.4, 0.5) is 0 Å². The number of carbonyl (C=O) groups excluding carboxylic acids is 2. The second-order valence-electron chi connectivity index (χ2n) is 5.65. The third-order valence-electron chi connectivity index (χ3n) is 3.95. The highest BCUT2D eigenvalue weighted by Gasteiger charge is 2.26. The number of hydrogen-bond donors (Lipinski definition) is 0. The molecule has 0 radical (unpaired) electrons. The molecule has 1 atom stereocenters. The Morgan fingerprint density at radius 3 is 1.81 bits per heavy atom. The molecule has 130 valence electrons. The van der Waals surface area contributed by atoms with Crippen molar-refractivity contribution in [3.63, 3.8) is 0 Å². The standard InChI is InChI=1S/C22H18O4/c1-25-19-14-12-17(13-15-19)21(20(23)16-8-4-2-5-9-16)26-22(24)18-10-6-3-7-11-18/h2-15,21H,1H3. The number of Topliss-reactive ketones (excluding diaryl/α,β-unsaturated/α-hetero) is 1. The molecule has 0 amide bonds. The molecule has 0 aliphatic rings. The molecule has 0 spiro atoms. The number of benzene rings is 3. The molecule has 4 nitrogen and oxygen atoms in total. The third kappa shape index (κ3) is 3.98. The number of hydrogen-bond acceptors (Lipinski definition) is 4. The van der Waals surface area contributed by atoms with Gasteiger partial charge in [-0.1, -0.05) is 60.7 Å². The van der Waals surface area contributed by atoms with E-state index >= 15 is 0 Å². The molecule has 1 unspecified atom stereocenters. The number of ether oxygens (including phenoxy) is 2. The Bertz CT molecular complexity index is 871. The molecule has 3 aromatic carbocycles. The summed E-state index contributed by atoms with van der Waals surface area (Å²) in [6, 6.07) is 24.3. The summed E-state index contributed by atoms with van der Waals surface area (Å²) in [7, 11) is 1.57. The van der Waals surface area contributed by atoms with Crippen LogP contribution in [0.5, 0.6) is 5.75 Å². The average Bonchev–Trinajstić information content (AvgIpc) is 2.73. The van der Waals surface area contributed by atoms with E-state index in [1.165, 1.54) is 0 Å². The lowest BCUT2D eigenvalue weighted by Gasteiger charge is -2.18. The first kappa shape index (κ1) is 17.4. The van der Waals surface area contributed by atoms with E-state index in [4.69, 9.17) is 9.47 Å². The molecule has 0 saturated carbocycles. The molecular formula is C22H18O4. The molecular weight excluding hydrogens is 328 g/mol. The Balaban J connectivity index is 1.92. The molecule has 26 heavy (non-hydrogen) atoms. The lowest BCUT2D eigenvalue weighted by molar-refractivity contribution is 0.0280. The molecule has 4 heteroatoms. The Labute approximate surface area is 152 Å². The van der Waals surface area contributed by atoms with Crippen LogP contribution in [0.15, 0.2) is 84.9 Å². The highest BCUT2D eigenvalue weighted by molar-refractivity contribution is 6.02. The SMILES string of the molecule is COc1ccc(C(OC(=O)c2ccccc2)C(=O)c2ccccc2)cc1. The summed E-state index contributed by atoms with van der Waals surface area (Å²) in [4.78, 5) is 25.4. The summed E-state index contributed by atoms with van der Waals surface area (Å²) in [6.07, 6.45) is -1.03.